The first-order valence-electron chi connectivity index (χ1n) is 5.81. The van der Waals surface area contributed by atoms with E-state index < -0.39 is 0 Å². The average molecular weight is 274 g/mol. The van der Waals surface area contributed by atoms with Crippen molar-refractivity contribution in [2.75, 3.05) is 5.73 Å². The molecule has 0 bridgehead atoms. The van der Waals surface area contributed by atoms with Gasteiger partial charge in [0.1, 0.15) is 6.20 Å². The van der Waals surface area contributed by atoms with Crippen LogP contribution in [0.3, 0.4) is 0 Å². The number of rotatable bonds is 3. The van der Waals surface area contributed by atoms with Crippen LogP contribution in [0.5, 0.6) is 0 Å². The summed E-state index contributed by atoms with van der Waals surface area (Å²) >= 11 is 5.87. The van der Waals surface area contributed by atoms with Crippen molar-refractivity contribution < 1.29 is 9.36 Å². The first kappa shape index (κ1) is 13.3. The number of allylic oxidation sites excluding steroid dienone is 1. The van der Waals surface area contributed by atoms with Gasteiger partial charge in [0.25, 0.3) is 5.82 Å². The molecule has 0 fully saturated rings. The van der Waals surface area contributed by atoms with E-state index in [2.05, 4.69) is 0 Å². The van der Waals surface area contributed by atoms with Crippen LogP contribution in [0, 0.1) is 6.92 Å². The summed E-state index contributed by atoms with van der Waals surface area (Å²) in [6, 6.07) is 10.8. The van der Waals surface area contributed by atoms with Crippen molar-refractivity contribution >= 4 is 29.4 Å². The van der Waals surface area contributed by atoms with Gasteiger partial charge in [-0.05, 0) is 19.1 Å². The van der Waals surface area contributed by atoms with Gasteiger partial charge in [-0.2, -0.15) is 0 Å². The molecule has 1 aromatic heterocycles. The normalized spacial score (nSPS) is 10.8. The highest BCUT2D eigenvalue weighted by Crippen LogP contribution is 2.07. The van der Waals surface area contributed by atoms with Crippen molar-refractivity contribution in [3.05, 3.63) is 64.8 Å². The molecular formula is C15H14ClN2O+. The molecule has 0 radical (unpaired) electrons. The van der Waals surface area contributed by atoms with Crippen LogP contribution in [0.25, 0.3) is 6.20 Å². The number of aromatic nitrogens is 1. The van der Waals surface area contributed by atoms with Crippen molar-refractivity contribution in [2.24, 2.45) is 0 Å². The fourth-order valence-electron chi connectivity index (χ4n) is 1.67. The summed E-state index contributed by atoms with van der Waals surface area (Å²) in [5.41, 5.74) is 7.48. The van der Waals surface area contributed by atoms with Gasteiger partial charge in [-0.3, -0.25) is 10.5 Å². The van der Waals surface area contributed by atoms with Crippen LogP contribution in [-0.4, -0.2) is 5.78 Å². The number of hydrogen-bond acceptors (Lipinski definition) is 2. The smallest absolute Gasteiger partial charge is 0.277 e. The van der Waals surface area contributed by atoms with E-state index in [4.69, 9.17) is 17.3 Å². The van der Waals surface area contributed by atoms with E-state index in [-0.39, 0.29) is 5.78 Å². The second kappa shape index (κ2) is 5.67. The number of ketones is 1. The zero-order chi connectivity index (χ0) is 13.8. The van der Waals surface area contributed by atoms with Crippen LogP contribution >= 0.6 is 11.6 Å². The van der Waals surface area contributed by atoms with Crippen LogP contribution in [-0.2, 0) is 0 Å². The molecule has 2 N–H and O–H groups in total. The molecule has 0 aliphatic carbocycles. The molecule has 2 aromatic rings. The molecule has 0 saturated carbocycles. The highest BCUT2D eigenvalue weighted by molar-refractivity contribution is 6.30. The number of pyridine rings is 1. The number of nitrogens with two attached hydrogens (primary N) is 1. The number of halogens is 1. The maximum Gasteiger partial charge on any atom is 0.277 e. The van der Waals surface area contributed by atoms with Gasteiger partial charge < -0.3 is 0 Å². The third-order valence-corrected chi connectivity index (χ3v) is 2.89. The topological polar surface area (TPSA) is 47.0 Å². The molecule has 0 saturated heterocycles. The summed E-state index contributed by atoms with van der Waals surface area (Å²) < 4.78 is 1.61. The Morgan fingerprint density at radius 3 is 2.84 bits per heavy atom. The summed E-state index contributed by atoms with van der Waals surface area (Å²) in [6.45, 7) is 1.95. The van der Waals surface area contributed by atoms with Crippen LogP contribution in [0.15, 0.2) is 48.7 Å². The molecule has 1 heterocycles. The molecule has 0 amide bonds. The van der Waals surface area contributed by atoms with Crippen molar-refractivity contribution in [3.63, 3.8) is 0 Å². The summed E-state index contributed by atoms with van der Waals surface area (Å²) in [6.07, 6.45) is 4.73. The van der Waals surface area contributed by atoms with Gasteiger partial charge in [0.05, 0.1) is 11.2 Å². The quantitative estimate of drug-likeness (QED) is 0.531. The van der Waals surface area contributed by atoms with E-state index in [0.717, 1.165) is 5.56 Å². The highest BCUT2D eigenvalue weighted by Gasteiger charge is 2.05. The number of anilines is 1. The predicted octanol–water partition coefficient (Wildman–Crippen LogP) is 2.87. The van der Waals surface area contributed by atoms with E-state index in [9.17, 15) is 4.79 Å². The average Bonchev–Trinajstić information content (AvgIpc) is 2.39. The Kier molecular flexibility index (Phi) is 3.97. The number of nitrogen functional groups attached to an aromatic ring is 1. The molecule has 0 spiro atoms. The van der Waals surface area contributed by atoms with Crippen molar-refractivity contribution in [3.8, 4) is 0 Å². The Morgan fingerprint density at radius 2 is 2.11 bits per heavy atom. The van der Waals surface area contributed by atoms with Crippen LogP contribution < -0.4 is 10.3 Å². The second-order valence-corrected chi connectivity index (χ2v) is 4.67. The molecule has 4 heteroatoms. The number of hydrogen-bond donors (Lipinski definition) is 1. The third-order valence-electron chi connectivity index (χ3n) is 2.66. The standard InChI is InChI=1S/C15H13ClN2O/c1-11-3-2-4-12(9-11)14(19)7-8-18-10-13(16)5-6-15(18)17/h2-10,17H,1H3/p+1. The Hall–Kier alpha value is -2.13. The number of aryl methyl sites for hydroxylation is 1. The lowest BCUT2D eigenvalue weighted by Crippen LogP contribution is -2.30. The maximum absolute atomic E-state index is 12.0. The van der Waals surface area contributed by atoms with Gasteiger partial charge in [-0.1, -0.05) is 35.4 Å². The lowest BCUT2D eigenvalue weighted by atomic mass is 10.1. The molecular weight excluding hydrogens is 260 g/mol. The lowest BCUT2D eigenvalue weighted by Gasteiger charge is -1.98. The van der Waals surface area contributed by atoms with Gasteiger partial charge in [-0.15, -0.1) is 0 Å². The summed E-state index contributed by atoms with van der Waals surface area (Å²) in [4.78, 5) is 12.0. The van der Waals surface area contributed by atoms with Crippen molar-refractivity contribution in [1.82, 2.24) is 0 Å². The van der Waals surface area contributed by atoms with Gasteiger partial charge in [-0.25, -0.2) is 4.57 Å². The first-order chi connectivity index (χ1) is 9.06. The maximum atomic E-state index is 12.0. The summed E-state index contributed by atoms with van der Waals surface area (Å²) in [5, 5.41) is 0.557. The predicted molar refractivity (Wildman–Crippen MR) is 76.9 cm³/mol. The van der Waals surface area contributed by atoms with Crippen LogP contribution in [0.4, 0.5) is 5.82 Å². The Labute approximate surface area is 116 Å². The summed E-state index contributed by atoms with van der Waals surface area (Å²) in [7, 11) is 0. The number of carbonyl (C=O) groups is 1. The largest absolute Gasteiger partial charge is 0.289 e. The minimum absolute atomic E-state index is 0.0735. The van der Waals surface area contributed by atoms with Crippen LogP contribution in [0.2, 0.25) is 5.02 Å². The van der Waals surface area contributed by atoms with E-state index in [1.165, 1.54) is 6.08 Å². The first-order valence-corrected chi connectivity index (χ1v) is 6.19. The zero-order valence-electron chi connectivity index (χ0n) is 10.5. The number of nitrogens with zero attached hydrogens (tertiary/aromatic N) is 1. The minimum Gasteiger partial charge on any atom is -0.289 e. The lowest BCUT2D eigenvalue weighted by molar-refractivity contribution is -0.552. The van der Waals surface area contributed by atoms with Gasteiger partial charge in [0.15, 0.2) is 5.78 Å². The van der Waals surface area contributed by atoms with Crippen molar-refractivity contribution in [1.29, 1.82) is 0 Å². The summed E-state index contributed by atoms with van der Waals surface area (Å²) in [5.74, 6) is 0.438. The highest BCUT2D eigenvalue weighted by atomic mass is 35.5. The Balaban J connectivity index is 2.23. The SMILES string of the molecule is Cc1cccc(C(=O)C=C[n+]2cc(Cl)ccc2N)c1. The van der Waals surface area contributed by atoms with Gasteiger partial charge >= 0.3 is 0 Å². The molecule has 3 nitrogen and oxygen atoms in total. The molecule has 0 unspecified atom stereocenters. The molecule has 0 atom stereocenters. The monoisotopic (exact) mass is 273 g/mol. The van der Waals surface area contributed by atoms with E-state index in [1.54, 1.807) is 35.2 Å². The minimum atomic E-state index is -0.0735. The fraction of sp³-hybridized carbons (Fsp3) is 0.0667. The molecule has 0 aliphatic rings. The molecule has 0 aliphatic heterocycles. The number of carbonyl (C=O) groups excluding carboxylic acids is 1. The zero-order valence-corrected chi connectivity index (χ0v) is 11.3. The molecule has 96 valence electrons. The third kappa shape index (κ3) is 3.42. The molecule has 1 aromatic carbocycles. The Bertz CT molecular complexity index is 650. The van der Waals surface area contributed by atoms with Crippen molar-refractivity contribution in [2.45, 2.75) is 6.92 Å². The fourth-order valence-corrected chi connectivity index (χ4v) is 1.84. The van der Waals surface area contributed by atoms with E-state index in [0.29, 0.717) is 16.4 Å². The van der Waals surface area contributed by atoms with E-state index in [1.807, 2.05) is 25.1 Å². The molecule has 2 rings (SSSR count). The molecule has 19 heavy (non-hydrogen) atoms. The van der Waals surface area contributed by atoms with Gasteiger partial charge in [0, 0.05) is 17.7 Å². The number of benzene rings is 1. The van der Waals surface area contributed by atoms with Crippen LogP contribution in [0.1, 0.15) is 15.9 Å². The van der Waals surface area contributed by atoms with Gasteiger partial charge in [0.2, 0.25) is 0 Å². The second-order valence-electron chi connectivity index (χ2n) is 4.23. The Morgan fingerprint density at radius 1 is 1.32 bits per heavy atom. The van der Waals surface area contributed by atoms with E-state index >= 15 is 0 Å².